The summed E-state index contributed by atoms with van der Waals surface area (Å²) >= 11 is 0. The number of rotatable bonds is 7. The van der Waals surface area contributed by atoms with E-state index in [1.54, 1.807) is 24.3 Å². The van der Waals surface area contributed by atoms with Crippen LogP contribution in [0.4, 0.5) is 4.39 Å². The van der Waals surface area contributed by atoms with Crippen molar-refractivity contribution in [2.45, 2.75) is 17.7 Å². The van der Waals surface area contributed by atoms with Gasteiger partial charge in [-0.05, 0) is 41.8 Å². The number of hydrogen-bond donors (Lipinski definition) is 1. The van der Waals surface area contributed by atoms with Gasteiger partial charge in [-0.1, -0.05) is 24.3 Å². The normalized spacial score (nSPS) is 11.3. The lowest BCUT2D eigenvalue weighted by atomic mass is 10.1. The molecule has 0 aliphatic rings. The minimum atomic E-state index is -3.88. The number of hydrogen-bond acceptors (Lipinski definition) is 4. The summed E-state index contributed by atoms with van der Waals surface area (Å²) in [6, 6.07) is 12.0. The first-order valence-electron chi connectivity index (χ1n) is 6.92. The molecule has 2 aromatic carbocycles. The Kier molecular flexibility index (Phi) is 5.46. The van der Waals surface area contributed by atoms with Gasteiger partial charge in [0.25, 0.3) is 10.1 Å². The molecular formula is C16H16FNO4S. The molecule has 0 unspecified atom stereocenters. The molecule has 23 heavy (non-hydrogen) atoms. The Balaban J connectivity index is 2.06. The van der Waals surface area contributed by atoms with Crippen molar-refractivity contribution in [3.63, 3.8) is 0 Å². The summed E-state index contributed by atoms with van der Waals surface area (Å²) in [4.78, 5) is 10.6. The molecule has 0 saturated heterocycles. The fraction of sp³-hybridized carbons (Fsp3) is 0.188. The SMILES string of the molecule is NC(=O)CCCOS(=O)(=O)c1ccc(-c2ccc(F)cc2)cc1. The maximum Gasteiger partial charge on any atom is 0.296 e. The summed E-state index contributed by atoms with van der Waals surface area (Å²) in [5.41, 5.74) is 6.50. The van der Waals surface area contributed by atoms with Crippen LogP contribution in [0.1, 0.15) is 12.8 Å². The van der Waals surface area contributed by atoms with Gasteiger partial charge in [-0.2, -0.15) is 8.42 Å². The standard InChI is InChI=1S/C16H16FNO4S/c17-14-7-3-12(4-8-14)13-5-9-15(10-6-13)23(20,21)22-11-1-2-16(18)19/h3-10H,1-2,11H2,(H2,18,19). The molecule has 0 aliphatic carbocycles. The third-order valence-corrected chi connectivity index (χ3v) is 4.45. The Morgan fingerprint density at radius 2 is 1.52 bits per heavy atom. The summed E-state index contributed by atoms with van der Waals surface area (Å²) in [6.07, 6.45) is 0.307. The van der Waals surface area contributed by atoms with E-state index in [9.17, 15) is 17.6 Å². The lowest BCUT2D eigenvalue weighted by molar-refractivity contribution is -0.118. The van der Waals surface area contributed by atoms with Crippen molar-refractivity contribution < 1.29 is 21.8 Å². The predicted molar refractivity (Wildman–Crippen MR) is 83.4 cm³/mol. The van der Waals surface area contributed by atoms with E-state index in [1.807, 2.05) is 0 Å². The van der Waals surface area contributed by atoms with Gasteiger partial charge in [-0.25, -0.2) is 4.39 Å². The minimum absolute atomic E-state index is 0.0161. The molecule has 0 spiro atoms. The maximum atomic E-state index is 12.9. The van der Waals surface area contributed by atoms with Gasteiger partial charge < -0.3 is 5.73 Å². The average molecular weight is 337 g/mol. The highest BCUT2D eigenvalue weighted by Gasteiger charge is 2.15. The summed E-state index contributed by atoms with van der Waals surface area (Å²) in [6.45, 7) is -0.106. The van der Waals surface area contributed by atoms with Gasteiger partial charge in [0.15, 0.2) is 0 Å². The second-order valence-corrected chi connectivity index (χ2v) is 6.49. The van der Waals surface area contributed by atoms with E-state index >= 15 is 0 Å². The van der Waals surface area contributed by atoms with Crippen LogP contribution in [0.5, 0.6) is 0 Å². The van der Waals surface area contributed by atoms with E-state index in [0.717, 1.165) is 11.1 Å². The molecule has 1 amide bonds. The quantitative estimate of drug-likeness (QED) is 0.621. The van der Waals surface area contributed by atoms with Crippen molar-refractivity contribution in [3.05, 3.63) is 54.3 Å². The maximum absolute atomic E-state index is 12.9. The van der Waals surface area contributed by atoms with Gasteiger partial charge in [0, 0.05) is 6.42 Å². The van der Waals surface area contributed by atoms with Crippen LogP contribution in [0.15, 0.2) is 53.4 Å². The van der Waals surface area contributed by atoms with E-state index in [4.69, 9.17) is 9.92 Å². The molecule has 0 atom stereocenters. The molecule has 0 bridgehead atoms. The van der Waals surface area contributed by atoms with Crippen molar-refractivity contribution in [2.24, 2.45) is 5.73 Å². The monoisotopic (exact) mass is 337 g/mol. The number of halogens is 1. The molecule has 2 rings (SSSR count). The largest absolute Gasteiger partial charge is 0.370 e. The number of nitrogens with two attached hydrogens (primary N) is 1. The minimum Gasteiger partial charge on any atom is -0.370 e. The van der Waals surface area contributed by atoms with Crippen molar-refractivity contribution >= 4 is 16.0 Å². The Labute approximate surface area is 134 Å². The van der Waals surface area contributed by atoms with Crippen LogP contribution in [-0.2, 0) is 19.1 Å². The van der Waals surface area contributed by atoms with Crippen LogP contribution < -0.4 is 5.73 Å². The van der Waals surface area contributed by atoms with Crippen molar-refractivity contribution in [1.82, 2.24) is 0 Å². The van der Waals surface area contributed by atoms with E-state index in [-0.39, 0.29) is 30.2 Å². The molecule has 7 heteroatoms. The lowest BCUT2D eigenvalue weighted by Crippen LogP contribution is -2.13. The molecule has 0 saturated carbocycles. The molecule has 122 valence electrons. The number of carbonyl (C=O) groups is 1. The Morgan fingerprint density at radius 1 is 1.00 bits per heavy atom. The fourth-order valence-corrected chi connectivity index (χ4v) is 2.88. The first kappa shape index (κ1) is 17.1. The lowest BCUT2D eigenvalue weighted by Gasteiger charge is -2.07. The van der Waals surface area contributed by atoms with Crippen LogP contribution >= 0.6 is 0 Å². The van der Waals surface area contributed by atoms with Gasteiger partial charge in [0.1, 0.15) is 5.82 Å². The van der Waals surface area contributed by atoms with Crippen LogP contribution in [-0.4, -0.2) is 20.9 Å². The van der Waals surface area contributed by atoms with Gasteiger partial charge in [-0.3, -0.25) is 8.98 Å². The highest BCUT2D eigenvalue weighted by atomic mass is 32.2. The summed E-state index contributed by atoms with van der Waals surface area (Å²) in [5, 5.41) is 0. The molecule has 2 N–H and O–H groups in total. The second-order valence-electron chi connectivity index (χ2n) is 4.88. The fourth-order valence-electron chi connectivity index (χ4n) is 1.94. The number of benzene rings is 2. The average Bonchev–Trinajstić information content (AvgIpc) is 2.52. The molecule has 0 aliphatic heterocycles. The van der Waals surface area contributed by atoms with Crippen LogP contribution in [0.2, 0.25) is 0 Å². The van der Waals surface area contributed by atoms with Crippen molar-refractivity contribution in [3.8, 4) is 11.1 Å². The van der Waals surface area contributed by atoms with Crippen molar-refractivity contribution in [2.75, 3.05) is 6.61 Å². The molecule has 0 radical (unpaired) electrons. The van der Waals surface area contributed by atoms with Crippen molar-refractivity contribution in [1.29, 1.82) is 0 Å². The highest BCUT2D eigenvalue weighted by molar-refractivity contribution is 7.86. The zero-order chi connectivity index (χ0) is 16.9. The first-order valence-corrected chi connectivity index (χ1v) is 8.33. The Morgan fingerprint density at radius 3 is 2.04 bits per heavy atom. The second kappa shape index (κ2) is 7.34. The summed E-state index contributed by atoms with van der Waals surface area (Å²) < 4.78 is 41.7. The zero-order valence-electron chi connectivity index (χ0n) is 12.2. The third-order valence-electron chi connectivity index (χ3n) is 3.13. The smallest absolute Gasteiger partial charge is 0.296 e. The van der Waals surface area contributed by atoms with Gasteiger partial charge in [0.2, 0.25) is 5.91 Å². The Bertz CT molecular complexity index is 771. The van der Waals surface area contributed by atoms with Gasteiger partial charge in [0.05, 0.1) is 11.5 Å². The summed E-state index contributed by atoms with van der Waals surface area (Å²) in [7, 11) is -3.88. The topological polar surface area (TPSA) is 86.5 Å². The van der Waals surface area contributed by atoms with Crippen LogP contribution in [0, 0.1) is 5.82 Å². The number of primary amides is 1. The predicted octanol–water partition coefficient (Wildman–Crippen LogP) is 2.46. The highest BCUT2D eigenvalue weighted by Crippen LogP contribution is 2.22. The van der Waals surface area contributed by atoms with Crippen LogP contribution in [0.25, 0.3) is 11.1 Å². The number of carbonyl (C=O) groups excluding carboxylic acids is 1. The zero-order valence-corrected chi connectivity index (χ0v) is 13.1. The molecule has 5 nitrogen and oxygen atoms in total. The molecule has 0 heterocycles. The van der Waals surface area contributed by atoms with E-state index < -0.39 is 16.0 Å². The van der Waals surface area contributed by atoms with E-state index in [1.165, 1.54) is 24.3 Å². The van der Waals surface area contributed by atoms with E-state index in [2.05, 4.69) is 0 Å². The molecule has 0 fully saturated rings. The first-order chi connectivity index (χ1) is 10.9. The van der Waals surface area contributed by atoms with Gasteiger partial charge in [-0.15, -0.1) is 0 Å². The van der Waals surface area contributed by atoms with Crippen LogP contribution in [0.3, 0.4) is 0 Å². The summed E-state index contributed by atoms with van der Waals surface area (Å²) in [5.74, 6) is -0.841. The Hall–Kier alpha value is -2.25. The molecular weight excluding hydrogens is 321 g/mol. The third kappa shape index (κ3) is 4.87. The van der Waals surface area contributed by atoms with Gasteiger partial charge >= 0.3 is 0 Å². The molecule has 2 aromatic rings. The van der Waals surface area contributed by atoms with E-state index in [0.29, 0.717) is 0 Å². The molecule has 0 aromatic heterocycles. The number of amides is 1.